The predicted molar refractivity (Wildman–Crippen MR) is 96.5 cm³/mol. The van der Waals surface area contributed by atoms with E-state index in [1.165, 1.54) is 18.3 Å². The maximum Gasteiger partial charge on any atom is 0.417 e. The standard InChI is InChI=1S/C18H18F3N5O3S/c19-18(20,21)12-3-1-2-4-16(12)30(28,29)25-8-10-11(9-25)15-6-5-14(10)26(15)17(27)13-7-22-24-23-13/h1-4,7,10-11,14-15H,5-6,8-9H2,(H,22,23,24)/t10-,11+,14-,15+. The van der Waals surface area contributed by atoms with Crippen LogP contribution in [0, 0.1) is 11.8 Å². The molecule has 1 N–H and O–H groups in total. The lowest BCUT2D eigenvalue weighted by atomic mass is 9.82. The molecule has 8 nitrogen and oxygen atoms in total. The number of amides is 1. The van der Waals surface area contributed by atoms with Crippen molar-refractivity contribution in [1.82, 2.24) is 24.6 Å². The summed E-state index contributed by atoms with van der Waals surface area (Å²) in [7, 11) is -4.31. The molecule has 3 aliphatic heterocycles. The fourth-order valence-electron chi connectivity index (χ4n) is 5.34. The predicted octanol–water partition coefficient (Wildman–Crippen LogP) is 1.75. The first-order valence-electron chi connectivity index (χ1n) is 9.54. The number of rotatable bonds is 3. The molecule has 0 saturated carbocycles. The number of carbonyl (C=O) groups is 1. The van der Waals surface area contributed by atoms with Gasteiger partial charge in [-0.3, -0.25) is 9.89 Å². The van der Waals surface area contributed by atoms with Gasteiger partial charge in [0.25, 0.3) is 5.91 Å². The molecule has 1 amide bonds. The molecular formula is C18H18F3N5O3S. The van der Waals surface area contributed by atoms with Crippen molar-refractivity contribution in [2.75, 3.05) is 13.1 Å². The maximum absolute atomic E-state index is 13.4. The molecule has 3 aliphatic rings. The van der Waals surface area contributed by atoms with Crippen LogP contribution in [0.15, 0.2) is 35.4 Å². The molecule has 2 bridgehead atoms. The fraction of sp³-hybridized carbons (Fsp3) is 0.500. The summed E-state index contributed by atoms with van der Waals surface area (Å²) in [4.78, 5) is 13.9. The minimum atomic E-state index is -4.76. The van der Waals surface area contributed by atoms with E-state index in [1.807, 2.05) is 0 Å². The van der Waals surface area contributed by atoms with Crippen LogP contribution in [0.4, 0.5) is 13.2 Å². The highest BCUT2D eigenvalue weighted by atomic mass is 32.2. The monoisotopic (exact) mass is 441 g/mol. The van der Waals surface area contributed by atoms with E-state index in [0.717, 1.165) is 29.3 Å². The van der Waals surface area contributed by atoms with E-state index in [2.05, 4.69) is 15.4 Å². The highest BCUT2D eigenvalue weighted by Crippen LogP contribution is 2.51. The first kappa shape index (κ1) is 19.5. The zero-order chi connectivity index (χ0) is 21.3. The molecule has 5 rings (SSSR count). The van der Waals surface area contributed by atoms with E-state index in [1.54, 1.807) is 4.90 Å². The molecular weight excluding hydrogens is 423 g/mol. The van der Waals surface area contributed by atoms with Crippen LogP contribution in [0.2, 0.25) is 0 Å². The summed E-state index contributed by atoms with van der Waals surface area (Å²) >= 11 is 0. The lowest BCUT2D eigenvalue weighted by Crippen LogP contribution is -2.41. The Kier molecular flexibility index (Phi) is 4.23. The summed E-state index contributed by atoms with van der Waals surface area (Å²) in [6.07, 6.45) is -1.93. The fourth-order valence-corrected chi connectivity index (χ4v) is 7.07. The highest BCUT2D eigenvalue weighted by molar-refractivity contribution is 7.89. The summed E-state index contributed by atoms with van der Waals surface area (Å²) in [5, 5.41) is 9.75. The topological polar surface area (TPSA) is 99.3 Å². The van der Waals surface area contributed by atoms with Gasteiger partial charge >= 0.3 is 6.18 Å². The molecule has 4 atom stereocenters. The van der Waals surface area contributed by atoms with Crippen molar-refractivity contribution in [1.29, 1.82) is 0 Å². The van der Waals surface area contributed by atoms with Gasteiger partial charge in [0.2, 0.25) is 10.0 Å². The summed E-state index contributed by atoms with van der Waals surface area (Å²) in [5.74, 6) is -0.425. The van der Waals surface area contributed by atoms with Crippen molar-refractivity contribution in [2.45, 2.75) is 36.0 Å². The molecule has 0 radical (unpaired) electrons. The van der Waals surface area contributed by atoms with Crippen LogP contribution in [0.25, 0.3) is 0 Å². The third kappa shape index (κ3) is 2.77. The number of nitrogens with zero attached hydrogens (tertiary/aromatic N) is 4. The van der Waals surface area contributed by atoms with Crippen molar-refractivity contribution < 1.29 is 26.4 Å². The second kappa shape index (κ2) is 6.51. The van der Waals surface area contributed by atoms with Crippen molar-refractivity contribution >= 4 is 15.9 Å². The highest BCUT2D eigenvalue weighted by Gasteiger charge is 2.59. The minimum Gasteiger partial charge on any atom is -0.331 e. The van der Waals surface area contributed by atoms with Gasteiger partial charge < -0.3 is 4.90 Å². The van der Waals surface area contributed by atoms with Crippen molar-refractivity contribution in [3.63, 3.8) is 0 Å². The van der Waals surface area contributed by atoms with Gasteiger partial charge in [0.1, 0.15) is 5.69 Å². The molecule has 0 aliphatic carbocycles. The maximum atomic E-state index is 13.4. The Bertz CT molecular complexity index is 1070. The largest absolute Gasteiger partial charge is 0.417 e. The van der Waals surface area contributed by atoms with E-state index in [9.17, 15) is 26.4 Å². The number of fused-ring (bicyclic) bond motifs is 5. The molecule has 4 heterocycles. The Morgan fingerprint density at radius 1 is 1.10 bits per heavy atom. The Morgan fingerprint density at radius 3 is 2.30 bits per heavy atom. The van der Waals surface area contributed by atoms with Crippen molar-refractivity contribution in [3.8, 4) is 0 Å². The van der Waals surface area contributed by atoms with Crippen molar-refractivity contribution in [2.24, 2.45) is 11.8 Å². The summed E-state index contributed by atoms with van der Waals surface area (Å²) in [6, 6.07) is 3.97. The van der Waals surface area contributed by atoms with Gasteiger partial charge in [-0.1, -0.05) is 17.3 Å². The third-order valence-corrected chi connectivity index (χ3v) is 8.42. The van der Waals surface area contributed by atoms with Crippen LogP contribution in [0.1, 0.15) is 28.9 Å². The van der Waals surface area contributed by atoms with Gasteiger partial charge in [0.05, 0.1) is 16.7 Å². The van der Waals surface area contributed by atoms with Gasteiger partial charge in [-0.25, -0.2) is 8.42 Å². The number of aromatic amines is 1. The second-order valence-electron chi connectivity index (χ2n) is 7.94. The number of hydrogen-bond acceptors (Lipinski definition) is 5. The zero-order valence-corrected chi connectivity index (χ0v) is 16.4. The molecule has 0 unspecified atom stereocenters. The molecule has 3 saturated heterocycles. The first-order valence-corrected chi connectivity index (χ1v) is 11.0. The molecule has 0 spiro atoms. The molecule has 12 heteroatoms. The Morgan fingerprint density at radius 2 is 1.73 bits per heavy atom. The number of benzene rings is 1. The van der Waals surface area contributed by atoms with Crippen LogP contribution in [0.3, 0.4) is 0 Å². The van der Waals surface area contributed by atoms with Crippen LogP contribution < -0.4 is 0 Å². The van der Waals surface area contributed by atoms with Gasteiger partial charge in [0.15, 0.2) is 0 Å². The van der Waals surface area contributed by atoms with E-state index >= 15 is 0 Å². The van der Waals surface area contributed by atoms with Gasteiger partial charge in [-0.15, -0.1) is 5.10 Å². The first-order chi connectivity index (χ1) is 14.2. The Labute approximate surface area is 170 Å². The van der Waals surface area contributed by atoms with E-state index in [4.69, 9.17) is 0 Å². The van der Waals surface area contributed by atoms with E-state index in [-0.39, 0.29) is 48.6 Å². The molecule has 1 aromatic carbocycles. The number of sulfonamides is 1. The van der Waals surface area contributed by atoms with E-state index in [0.29, 0.717) is 0 Å². The normalized spacial score (nSPS) is 28.8. The molecule has 3 fully saturated rings. The van der Waals surface area contributed by atoms with Gasteiger partial charge in [-0.05, 0) is 36.8 Å². The summed E-state index contributed by atoms with van der Waals surface area (Å²) in [6.45, 7) is 0.205. The lowest BCUT2D eigenvalue weighted by molar-refractivity contribution is -0.139. The average Bonchev–Trinajstić information content (AvgIpc) is 3.48. The van der Waals surface area contributed by atoms with Gasteiger partial charge in [0, 0.05) is 25.2 Å². The minimum absolute atomic E-state index is 0.101. The van der Waals surface area contributed by atoms with Crippen molar-refractivity contribution in [3.05, 3.63) is 41.7 Å². The number of halogens is 3. The Hall–Kier alpha value is -2.47. The zero-order valence-electron chi connectivity index (χ0n) is 15.6. The third-order valence-electron chi connectivity index (χ3n) is 6.53. The summed E-state index contributed by atoms with van der Waals surface area (Å²) in [5.41, 5.74) is -0.885. The SMILES string of the molecule is O=C(c1cnn[nH]1)N1[C@@H]2CC[C@H]1[C@H]1CN(S(=O)(=O)c3ccccc3C(F)(F)F)C[C@H]12. The lowest BCUT2D eigenvalue weighted by Gasteiger charge is -2.27. The number of aromatic nitrogens is 3. The number of nitrogens with one attached hydrogen (secondary N) is 1. The number of carbonyl (C=O) groups excluding carboxylic acids is 1. The molecule has 160 valence electrons. The van der Waals surface area contributed by atoms with Crippen LogP contribution >= 0.6 is 0 Å². The van der Waals surface area contributed by atoms with E-state index < -0.39 is 26.7 Å². The molecule has 2 aromatic rings. The second-order valence-corrected chi connectivity index (χ2v) is 9.84. The number of H-pyrrole nitrogens is 1. The Balaban J connectivity index is 1.42. The number of alkyl halides is 3. The van der Waals surface area contributed by atoms with Crippen LogP contribution in [0.5, 0.6) is 0 Å². The quantitative estimate of drug-likeness (QED) is 0.783. The average molecular weight is 441 g/mol. The van der Waals surface area contributed by atoms with Gasteiger partial charge in [-0.2, -0.15) is 17.5 Å². The number of hydrogen-bond donors (Lipinski definition) is 1. The van der Waals surface area contributed by atoms with Crippen LogP contribution in [-0.2, 0) is 16.2 Å². The smallest absolute Gasteiger partial charge is 0.331 e. The summed E-state index contributed by atoms with van der Waals surface area (Å²) < 4.78 is 67.4. The molecule has 1 aromatic heterocycles. The van der Waals surface area contributed by atoms with Crippen LogP contribution in [-0.4, -0.2) is 64.1 Å². The molecule has 30 heavy (non-hydrogen) atoms.